The maximum Gasteiger partial charge on any atom is 0.137 e. The second-order valence-corrected chi connectivity index (χ2v) is 4.60. The van der Waals surface area contributed by atoms with Crippen LogP contribution in [0.1, 0.15) is 11.7 Å². The van der Waals surface area contributed by atoms with Gasteiger partial charge in [-0.15, -0.1) is 23.2 Å². The molecule has 0 aliphatic carbocycles. The third kappa shape index (κ3) is 2.54. The van der Waals surface area contributed by atoms with Crippen LogP contribution in [0.15, 0.2) is 22.7 Å². The minimum absolute atomic E-state index is 0.611. The molecule has 0 aromatic heterocycles. The van der Waals surface area contributed by atoms with Gasteiger partial charge in [-0.05, 0) is 22.0 Å². The Balaban J connectivity index is 3.09. The molecule has 0 amide bonds. The van der Waals surface area contributed by atoms with Gasteiger partial charge in [-0.2, -0.15) is 0 Å². The van der Waals surface area contributed by atoms with E-state index in [0.29, 0.717) is 15.8 Å². The number of benzene rings is 1. The highest BCUT2D eigenvalue weighted by molar-refractivity contribution is 9.10. The highest BCUT2D eigenvalue weighted by Gasteiger charge is 2.19. The Hall–Kier alpha value is 0.0400. The number of aliphatic hydroxyl groups excluding tert-OH is 1. The number of aliphatic hydroxyl groups is 1. The Morgan fingerprint density at radius 3 is 2.57 bits per heavy atom. The molecule has 0 radical (unpaired) electrons. The first-order valence-corrected chi connectivity index (χ1v) is 5.53. The van der Waals surface area contributed by atoms with Crippen LogP contribution >= 0.6 is 39.1 Å². The summed E-state index contributed by atoms with van der Waals surface area (Å²) in [5.41, 5.74) is 0.611. The molecule has 0 fully saturated rings. The SMILES string of the molecule is COc1cccc(C(O)C(Cl)Cl)c1Br. The number of hydrogen-bond acceptors (Lipinski definition) is 2. The maximum absolute atomic E-state index is 9.65. The van der Waals surface area contributed by atoms with Gasteiger partial charge in [-0.25, -0.2) is 0 Å². The third-order valence-corrected chi connectivity index (χ3v) is 3.10. The molecule has 0 heterocycles. The maximum atomic E-state index is 9.65. The molecule has 0 saturated carbocycles. The quantitative estimate of drug-likeness (QED) is 0.868. The van der Waals surface area contributed by atoms with Crippen LogP contribution in [0.4, 0.5) is 0 Å². The fraction of sp³-hybridized carbons (Fsp3) is 0.333. The second kappa shape index (κ2) is 5.21. The van der Waals surface area contributed by atoms with E-state index in [9.17, 15) is 5.11 Å². The van der Waals surface area contributed by atoms with E-state index >= 15 is 0 Å². The molecule has 1 rings (SSSR count). The number of rotatable bonds is 3. The summed E-state index contributed by atoms with van der Waals surface area (Å²) in [4.78, 5) is -0.863. The zero-order chi connectivity index (χ0) is 10.7. The van der Waals surface area contributed by atoms with Crippen molar-refractivity contribution < 1.29 is 9.84 Å². The molecular formula is C9H9BrCl2O2. The average Bonchev–Trinajstić information content (AvgIpc) is 2.17. The molecule has 1 aromatic rings. The number of hydrogen-bond donors (Lipinski definition) is 1. The summed E-state index contributed by atoms with van der Waals surface area (Å²) in [6, 6.07) is 5.27. The molecule has 0 aliphatic heterocycles. The van der Waals surface area contributed by atoms with Gasteiger partial charge in [-0.3, -0.25) is 0 Å². The lowest BCUT2D eigenvalue weighted by molar-refractivity contribution is 0.191. The van der Waals surface area contributed by atoms with Crippen LogP contribution in [0.25, 0.3) is 0 Å². The molecule has 1 aromatic carbocycles. The predicted molar refractivity (Wildman–Crippen MR) is 61.1 cm³/mol. The Bertz CT molecular complexity index is 318. The Labute approximate surface area is 101 Å². The first kappa shape index (κ1) is 12.1. The van der Waals surface area contributed by atoms with Crippen LogP contribution in [0, 0.1) is 0 Å². The van der Waals surface area contributed by atoms with E-state index in [1.54, 1.807) is 25.3 Å². The predicted octanol–water partition coefficient (Wildman–Crippen LogP) is 3.29. The van der Waals surface area contributed by atoms with Crippen molar-refractivity contribution in [2.24, 2.45) is 0 Å². The van der Waals surface area contributed by atoms with E-state index in [2.05, 4.69) is 15.9 Å². The number of ether oxygens (including phenoxy) is 1. The normalized spacial score (nSPS) is 13.0. The highest BCUT2D eigenvalue weighted by atomic mass is 79.9. The van der Waals surface area contributed by atoms with Crippen molar-refractivity contribution in [3.05, 3.63) is 28.2 Å². The molecule has 0 saturated heterocycles. The summed E-state index contributed by atoms with van der Waals surface area (Å²) in [5.74, 6) is 0.635. The molecule has 1 atom stereocenters. The van der Waals surface area contributed by atoms with Gasteiger partial charge < -0.3 is 9.84 Å². The number of halogens is 3. The van der Waals surface area contributed by atoms with E-state index in [4.69, 9.17) is 27.9 Å². The molecule has 0 aliphatic rings. The smallest absolute Gasteiger partial charge is 0.137 e. The Morgan fingerprint density at radius 2 is 2.07 bits per heavy atom. The molecule has 0 spiro atoms. The summed E-state index contributed by atoms with van der Waals surface area (Å²) in [6.07, 6.45) is -0.928. The summed E-state index contributed by atoms with van der Waals surface area (Å²) >= 11 is 14.5. The fourth-order valence-corrected chi connectivity index (χ4v) is 1.98. The van der Waals surface area contributed by atoms with Crippen molar-refractivity contribution in [3.63, 3.8) is 0 Å². The Morgan fingerprint density at radius 1 is 1.43 bits per heavy atom. The molecule has 0 bridgehead atoms. The summed E-state index contributed by atoms with van der Waals surface area (Å²) in [5, 5.41) is 9.65. The first-order chi connectivity index (χ1) is 6.57. The molecule has 2 nitrogen and oxygen atoms in total. The molecule has 1 N–H and O–H groups in total. The van der Waals surface area contributed by atoms with Crippen LogP contribution < -0.4 is 4.74 Å². The van der Waals surface area contributed by atoms with E-state index in [1.807, 2.05) is 0 Å². The molecule has 78 valence electrons. The van der Waals surface area contributed by atoms with Gasteiger partial charge in [0.05, 0.1) is 11.6 Å². The first-order valence-electron chi connectivity index (χ1n) is 3.86. The molecular weight excluding hydrogens is 291 g/mol. The van der Waals surface area contributed by atoms with Crippen molar-refractivity contribution in [2.45, 2.75) is 10.9 Å². The monoisotopic (exact) mass is 298 g/mol. The largest absolute Gasteiger partial charge is 0.496 e. The van der Waals surface area contributed by atoms with Crippen molar-refractivity contribution in [3.8, 4) is 5.75 Å². The van der Waals surface area contributed by atoms with Crippen LogP contribution in [0.5, 0.6) is 5.75 Å². The Kier molecular flexibility index (Phi) is 4.51. The van der Waals surface area contributed by atoms with Gasteiger partial charge in [0.15, 0.2) is 0 Å². The summed E-state index contributed by atoms with van der Waals surface area (Å²) in [6.45, 7) is 0. The van der Waals surface area contributed by atoms with Crippen LogP contribution in [0.2, 0.25) is 0 Å². The van der Waals surface area contributed by atoms with Gasteiger partial charge in [-0.1, -0.05) is 12.1 Å². The standard InChI is InChI=1S/C9H9BrCl2O2/c1-14-6-4-2-3-5(7(6)10)8(13)9(11)12/h2-4,8-9,13H,1H3. The van der Waals surface area contributed by atoms with Crippen molar-refractivity contribution in [2.75, 3.05) is 7.11 Å². The topological polar surface area (TPSA) is 29.5 Å². The van der Waals surface area contributed by atoms with Crippen molar-refractivity contribution in [1.82, 2.24) is 0 Å². The van der Waals surface area contributed by atoms with Crippen LogP contribution in [-0.2, 0) is 0 Å². The van der Waals surface area contributed by atoms with Gasteiger partial charge in [0.1, 0.15) is 16.7 Å². The zero-order valence-corrected chi connectivity index (χ0v) is 10.5. The fourth-order valence-electron chi connectivity index (χ4n) is 1.05. The van der Waals surface area contributed by atoms with Gasteiger partial charge in [0.25, 0.3) is 0 Å². The zero-order valence-electron chi connectivity index (χ0n) is 7.38. The summed E-state index contributed by atoms with van der Waals surface area (Å²) < 4.78 is 5.74. The molecule has 1 unspecified atom stereocenters. The van der Waals surface area contributed by atoms with E-state index in [-0.39, 0.29) is 0 Å². The van der Waals surface area contributed by atoms with Crippen molar-refractivity contribution >= 4 is 39.1 Å². The van der Waals surface area contributed by atoms with E-state index in [1.165, 1.54) is 0 Å². The van der Waals surface area contributed by atoms with Crippen molar-refractivity contribution in [1.29, 1.82) is 0 Å². The van der Waals surface area contributed by atoms with Crippen LogP contribution in [-0.4, -0.2) is 17.1 Å². The average molecular weight is 300 g/mol. The lowest BCUT2D eigenvalue weighted by Crippen LogP contribution is -2.07. The van der Waals surface area contributed by atoms with Crippen LogP contribution in [0.3, 0.4) is 0 Å². The second-order valence-electron chi connectivity index (χ2n) is 2.64. The number of methoxy groups -OCH3 is 1. The van der Waals surface area contributed by atoms with Gasteiger partial charge in [0.2, 0.25) is 0 Å². The van der Waals surface area contributed by atoms with E-state index < -0.39 is 10.9 Å². The minimum atomic E-state index is -0.928. The van der Waals surface area contributed by atoms with Gasteiger partial charge in [0, 0.05) is 5.56 Å². The third-order valence-electron chi connectivity index (χ3n) is 1.77. The van der Waals surface area contributed by atoms with E-state index in [0.717, 1.165) is 0 Å². The highest BCUT2D eigenvalue weighted by Crippen LogP contribution is 2.35. The molecule has 14 heavy (non-hydrogen) atoms. The molecule has 5 heteroatoms. The van der Waals surface area contributed by atoms with Gasteiger partial charge >= 0.3 is 0 Å². The number of alkyl halides is 2. The lowest BCUT2D eigenvalue weighted by atomic mass is 10.1. The summed E-state index contributed by atoms with van der Waals surface area (Å²) in [7, 11) is 1.55. The minimum Gasteiger partial charge on any atom is -0.496 e. The lowest BCUT2D eigenvalue weighted by Gasteiger charge is -2.15.